The molecule has 3 amide bonds. The van der Waals surface area contributed by atoms with Gasteiger partial charge in [-0.15, -0.1) is 0 Å². The molecule has 7 nitrogen and oxygen atoms in total. The maximum absolute atomic E-state index is 11.0. The smallest absolute Gasteiger partial charge is 0.243 e. The molecule has 0 aromatic carbocycles. The van der Waals surface area contributed by atoms with E-state index in [1.807, 2.05) is 13.8 Å². The molecule has 16 heavy (non-hydrogen) atoms. The standard InChI is InChI=1S/C9H17N3O4/c1-6(2)4-16-12(5-13)7(9(11)15)3-8(10)14/h5-7H,3-4H2,1-2H3,(H2,10,14)(H2,11,15). The Kier molecular flexibility index (Phi) is 6.09. The second kappa shape index (κ2) is 6.78. The average Bonchev–Trinajstić information content (AvgIpc) is 2.15. The van der Waals surface area contributed by atoms with E-state index in [9.17, 15) is 14.4 Å². The molecule has 0 saturated carbocycles. The fourth-order valence-electron chi connectivity index (χ4n) is 0.936. The number of nitrogens with zero attached hydrogens (tertiary/aromatic N) is 1. The number of carbonyl (C=O) groups excluding carboxylic acids is 3. The van der Waals surface area contributed by atoms with E-state index < -0.39 is 17.9 Å². The van der Waals surface area contributed by atoms with E-state index in [-0.39, 0.29) is 18.9 Å². The van der Waals surface area contributed by atoms with Crippen LogP contribution in [0.1, 0.15) is 20.3 Å². The van der Waals surface area contributed by atoms with Gasteiger partial charge in [0.1, 0.15) is 6.04 Å². The topological polar surface area (TPSA) is 116 Å². The third-order valence-electron chi connectivity index (χ3n) is 1.69. The van der Waals surface area contributed by atoms with E-state index in [1.54, 1.807) is 0 Å². The number of hydrogen-bond donors (Lipinski definition) is 2. The van der Waals surface area contributed by atoms with E-state index >= 15 is 0 Å². The minimum absolute atomic E-state index is 0.171. The van der Waals surface area contributed by atoms with Crippen molar-refractivity contribution in [1.82, 2.24) is 5.06 Å². The highest BCUT2D eigenvalue weighted by molar-refractivity contribution is 5.87. The van der Waals surface area contributed by atoms with Crippen molar-refractivity contribution in [2.24, 2.45) is 17.4 Å². The van der Waals surface area contributed by atoms with Crippen LogP contribution in [0.2, 0.25) is 0 Å². The lowest BCUT2D eigenvalue weighted by atomic mass is 10.2. The second-order valence-electron chi connectivity index (χ2n) is 3.74. The lowest BCUT2D eigenvalue weighted by Gasteiger charge is -2.24. The van der Waals surface area contributed by atoms with Crippen molar-refractivity contribution in [3.05, 3.63) is 0 Å². The highest BCUT2D eigenvalue weighted by Crippen LogP contribution is 2.04. The Morgan fingerprint density at radius 2 is 1.94 bits per heavy atom. The van der Waals surface area contributed by atoms with E-state index in [1.165, 1.54) is 0 Å². The van der Waals surface area contributed by atoms with Gasteiger partial charge in [-0.2, -0.15) is 0 Å². The van der Waals surface area contributed by atoms with Crippen LogP contribution in [-0.2, 0) is 19.2 Å². The zero-order valence-electron chi connectivity index (χ0n) is 9.38. The number of hydroxylamine groups is 2. The first-order valence-corrected chi connectivity index (χ1v) is 4.82. The van der Waals surface area contributed by atoms with E-state index in [0.29, 0.717) is 6.41 Å². The number of nitrogens with two attached hydrogens (primary N) is 2. The fraction of sp³-hybridized carbons (Fsp3) is 0.667. The Morgan fingerprint density at radius 3 is 2.25 bits per heavy atom. The minimum atomic E-state index is -1.16. The maximum Gasteiger partial charge on any atom is 0.243 e. The molecule has 0 saturated heterocycles. The van der Waals surface area contributed by atoms with Crippen LogP contribution in [-0.4, -0.2) is 35.9 Å². The zero-order chi connectivity index (χ0) is 12.7. The summed E-state index contributed by atoms with van der Waals surface area (Å²) in [6, 6.07) is -1.16. The third kappa shape index (κ3) is 5.30. The van der Waals surface area contributed by atoms with Crippen molar-refractivity contribution < 1.29 is 19.2 Å². The van der Waals surface area contributed by atoms with E-state index in [0.717, 1.165) is 5.06 Å². The molecule has 4 N–H and O–H groups in total. The highest BCUT2D eigenvalue weighted by Gasteiger charge is 2.26. The summed E-state index contributed by atoms with van der Waals surface area (Å²) in [4.78, 5) is 37.4. The lowest BCUT2D eigenvalue weighted by molar-refractivity contribution is -0.193. The molecule has 92 valence electrons. The maximum atomic E-state index is 11.0. The van der Waals surface area contributed by atoms with Crippen molar-refractivity contribution in [3.63, 3.8) is 0 Å². The van der Waals surface area contributed by atoms with Crippen molar-refractivity contribution in [3.8, 4) is 0 Å². The number of primary amides is 2. The normalized spacial score (nSPS) is 12.2. The van der Waals surface area contributed by atoms with Gasteiger partial charge in [0, 0.05) is 0 Å². The molecule has 0 bridgehead atoms. The molecular weight excluding hydrogens is 214 g/mol. The molecule has 0 aliphatic rings. The number of hydrogen-bond acceptors (Lipinski definition) is 4. The first-order chi connectivity index (χ1) is 7.38. The van der Waals surface area contributed by atoms with E-state index in [2.05, 4.69) is 0 Å². The minimum Gasteiger partial charge on any atom is -0.370 e. The van der Waals surface area contributed by atoms with Crippen molar-refractivity contribution in [1.29, 1.82) is 0 Å². The van der Waals surface area contributed by atoms with Gasteiger partial charge in [-0.3, -0.25) is 19.2 Å². The molecule has 1 atom stereocenters. The molecule has 7 heteroatoms. The summed E-state index contributed by atoms with van der Waals surface area (Å²) < 4.78 is 0. The van der Waals surface area contributed by atoms with Gasteiger partial charge >= 0.3 is 0 Å². The van der Waals surface area contributed by atoms with Crippen molar-refractivity contribution in [2.75, 3.05) is 6.61 Å². The first kappa shape index (κ1) is 14.4. The van der Waals surface area contributed by atoms with E-state index in [4.69, 9.17) is 16.3 Å². The first-order valence-electron chi connectivity index (χ1n) is 4.82. The van der Waals surface area contributed by atoms with Crippen molar-refractivity contribution >= 4 is 18.2 Å². The average molecular weight is 231 g/mol. The third-order valence-corrected chi connectivity index (χ3v) is 1.69. The number of carbonyl (C=O) groups is 3. The van der Waals surface area contributed by atoms with Gasteiger partial charge in [0.15, 0.2) is 0 Å². The van der Waals surface area contributed by atoms with Gasteiger partial charge in [-0.1, -0.05) is 13.8 Å². The quantitative estimate of drug-likeness (QED) is 0.401. The monoisotopic (exact) mass is 231 g/mol. The fourth-order valence-corrected chi connectivity index (χ4v) is 0.936. The Morgan fingerprint density at radius 1 is 1.38 bits per heavy atom. The Hall–Kier alpha value is -1.63. The summed E-state index contributed by atoms with van der Waals surface area (Å²) in [7, 11) is 0. The lowest BCUT2D eigenvalue weighted by Crippen LogP contribution is -2.46. The van der Waals surface area contributed by atoms with Crippen LogP contribution >= 0.6 is 0 Å². The molecule has 1 unspecified atom stereocenters. The van der Waals surface area contributed by atoms with Gasteiger partial charge in [-0.05, 0) is 5.92 Å². The van der Waals surface area contributed by atoms with Gasteiger partial charge in [0.25, 0.3) is 0 Å². The zero-order valence-corrected chi connectivity index (χ0v) is 9.38. The second-order valence-corrected chi connectivity index (χ2v) is 3.74. The summed E-state index contributed by atoms with van der Waals surface area (Å²) in [5.74, 6) is -1.40. The molecule has 0 aliphatic heterocycles. The molecule has 0 heterocycles. The Bertz CT molecular complexity index is 267. The van der Waals surface area contributed by atoms with Crippen LogP contribution in [0.5, 0.6) is 0 Å². The largest absolute Gasteiger partial charge is 0.370 e. The number of amides is 3. The van der Waals surface area contributed by atoms with Crippen LogP contribution in [0.4, 0.5) is 0 Å². The Labute approximate surface area is 93.7 Å². The molecule has 0 aromatic heterocycles. The predicted octanol–water partition coefficient (Wildman–Crippen LogP) is -1.24. The van der Waals surface area contributed by atoms with Gasteiger partial charge in [0.2, 0.25) is 18.2 Å². The number of rotatable bonds is 8. The van der Waals surface area contributed by atoms with Crippen LogP contribution < -0.4 is 11.5 Å². The van der Waals surface area contributed by atoms with Gasteiger partial charge in [0.05, 0.1) is 13.0 Å². The highest BCUT2D eigenvalue weighted by atomic mass is 16.7. The molecule has 0 rings (SSSR count). The van der Waals surface area contributed by atoms with Crippen LogP contribution in [0.25, 0.3) is 0 Å². The molecule has 0 fully saturated rings. The Balaban J connectivity index is 4.51. The molecule has 0 radical (unpaired) electrons. The summed E-state index contributed by atoms with van der Waals surface area (Å²) in [6.07, 6.45) is -0.0487. The SMILES string of the molecule is CC(C)CON(C=O)C(CC(N)=O)C(N)=O. The molecular formula is C9H17N3O4. The molecule has 0 spiro atoms. The summed E-state index contributed by atoms with van der Waals surface area (Å²) in [5, 5.41) is 0.729. The van der Waals surface area contributed by atoms with Crippen molar-refractivity contribution in [2.45, 2.75) is 26.3 Å². The summed E-state index contributed by atoms with van der Waals surface area (Å²) in [5.41, 5.74) is 9.98. The van der Waals surface area contributed by atoms with Gasteiger partial charge in [-0.25, -0.2) is 5.06 Å². The molecule has 0 aliphatic carbocycles. The van der Waals surface area contributed by atoms with Crippen LogP contribution in [0, 0.1) is 5.92 Å². The molecule has 0 aromatic rings. The van der Waals surface area contributed by atoms with Crippen LogP contribution in [0.3, 0.4) is 0 Å². The van der Waals surface area contributed by atoms with Gasteiger partial charge < -0.3 is 11.5 Å². The summed E-state index contributed by atoms with van der Waals surface area (Å²) >= 11 is 0. The summed E-state index contributed by atoms with van der Waals surface area (Å²) in [6.45, 7) is 3.98. The predicted molar refractivity (Wildman–Crippen MR) is 55.5 cm³/mol. The van der Waals surface area contributed by atoms with Crippen LogP contribution in [0.15, 0.2) is 0 Å².